The second kappa shape index (κ2) is 3.39. The Morgan fingerprint density at radius 2 is 2.21 bits per heavy atom. The van der Waals surface area contributed by atoms with Gasteiger partial charge in [-0.1, -0.05) is 30.3 Å². The van der Waals surface area contributed by atoms with Crippen molar-refractivity contribution in [3.63, 3.8) is 0 Å². The van der Waals surface area contributed by atoms with E-state index >= 15 is 0 Å². The molecule has 72 valence electrons. The number of hydrogen-bond acceptors (Lipinski definition) is 1. The number of para-hydroxylation sites is 1. The molecule has 1 heterocycles. The molecule has 3 heteroatoms. The second-order valence-corrected chi connectivity index (χ2v) is 3.78. The molecule has 1 aromatic carbocycles. The summed E-state index contributed by atoms with van der Waals surface area (Å²) < 4.78 is 2.00. The molecule has 0 fully saturated rings. The fourth-order valence-electron chi connectivity index (χ4n) is 1.61. The molecule has 2 N–H and O–H groups in total. The number of nitrogens with two attached hydrogens (primary N) is 1. The minimum atomic E-state index is 0.596. The first kappa shape index (κ1) is 9.16. The van der Waals surface area contributed by atoms with E-state index in [1.54, 1.807) is 0 Å². The van der Waals surface area contributed by atoms with Crippen LogP contribution < -0.4 is 5.73 Å². The van der Waals surface area contributed by atoms with Crippen LogP contribution in [0.3, 0.4) is 0 Å². The molecule has 1 aromatic heterocycles. The van der Waals surface area contributed by atoms with Crippen molar-refractivity contribution in [1.29, 1.82) is 0 Å². The van der Waals surface area contributed by atoms with Crippen LogP contribution in [0.25, 0.3) is 10.9 Å². The third-order valence-corrected chi connectivity index (χ3v) is 2.28. The van der Waals surface area contributed by atoms with Crippen LogP contribution in [0.5, 0.6) is 0 Å². The number of hydrogen-bond donors (Lipinski definition) is 1. The smallest absolute Gasteiger partial charge is 0.0717 e. The number of anilines is 1. The van der Waals surface area contributed by atoms with E-state index in [4.69, 9.17) is 17.3 Å². The van der Waals surface area contributed by atoms with E-state index in [-0.39, 0.29) is 0 Å². The Hall–Kier alpha value is -1.41. The van der Waals surface area contributed by atoms with Crippen LogP contribution in [0.1, 0.15) is 0 Å². The summed E-state index contributed by atoms with van der Waals surface area (Å²) in [6.07, 6.45) is 1.97. The van der Waals surface area contributed by atoms with Gasteiger partial charge in [0.1, 0.15) is 0 Å². The Morgan fingerprint density at radius 1 is 1.43 bits per heavy atom. The van der Waals surface area contributed by atoms with Crippen LogP contribution in [0, 0.1) is 0 Å². The molecule has 0 saturated carbocycles. The summed E-state index contributed by atoms with van der Waals surface area (Å²) in [6, 6.07) is 7.87. The van der Waals surface area contributed by atoms with Crippen molar-refractivity contribution in [2.45, 2.75) is 6.54 Å². The number of rotatable bonds is 2. The van der Waals surface area contributed by atoms with Gasteiger partial charge in [0, 0.05) is 16.6 Å². The van der Waals surface area contributed by atoms with E-state index in [1.807, 2.05) is 35.0 Å². The second-order valence-electron chi connectivity index (χ2n) is 3.25. The van der Waals surface area contributed by atoms with Gasteiger partial charge in [-0.3, -0.25) is 0 Å². The van der Waals surface area contributed by atoms with Crippen molar-refractivity contribution < 1.29 is 0 Å². The molecule has 0 amide bonds. The van der Waals surface area contributed by atoms with Crippen LogP contribution >= 0.6 is 11.6 Å². The lowest BCUT2D eigenvalue weighted by Gasteiger charge is -2.05. The zero-order chi connectivity index (χ0) is 10.1. The summed E-state index contributed by atoms with van der Waals surface area (Å²) in [4.78, 5) is 0. The molecule has 0 unspecified atom stereocenters. The Bertz CT molecular complexity index is 485. The molecule has 0 radical (unpaired) electrons. The minimum Gasteiger partial charge on any atom is -0.397 e. The first-order valence-electron chi connectivity index (χ1n) is 4.35. The number of aromatic nitrogens is 1. The zero-order valence-corrected chi connectivity index (χ0v) is 8.46. The first-order chi connectivity index (χ1) is 6.68. The van der Waals surface area contributed by atoms with E-state index in [9.17, 15) is 0 Å². The zero-order valence-electron chi connectivity index (χ0n) is 7.70. The Morgan fingerprint density at radius 3 is 2.93 bits per heavy atom. The minimum absolute atomic E-state index is 0.596. The highest BCUT2D eigenvalue weighted by Crippen LogP contribution is 2.23. The highest BCUT2D eigenvalue weighted by Gasteiger charge is 2.03. The van der Waals surface area contributed by atoms with Gasteiger partial charge >= 0.3 is 0 Å². The van der Waals surface area contributed by atoms with Crippen molar-refractivity contribution in [2.24, 2.45) is 0 Å². The monoisotopic (exact) mass is 206 g/mol. The van der Waals surface area contributed by atoms with Gasteiger partial charge in [-0.15, -0.1) is 0 Å². The Kier molecular flexibility index (Phi) is 2.22. The summed E-state index contributed by atoms with van der Waals surface area (Å²) in [6.45, 7) is 4.27. The largest absolute Gasteiger partial charge is 0.397 e. The molecule has 0 bridgehead atoms. The lowest BCUT2D eigenvalue weighted by atomic mass is 10.2. The predicted molar refractivity (Wildman–Crippen MR) is 61.3 cm³/mol. The standard InChI is InChI=1S/C11H11ClN2/c1-8(12)7-14-6-5-9-3-2-4-10(13)11(9)14/h2-6H,1,7,13H2. The van der Waals surface area contributed by atoms with Gasteiger partial charge in [0.15, 0.2) is 0 Å². The summed E-state index contributed by atoms with van der Waals surface area (Å²) >= 11 is 5.77. The number of nitrogen functional groups attached to an aromatic ring is 1. The van der Waals surface area contributed by atoms with Gasteiger partial charge in [0.25, 0.3) is 0 Å². The number of halogens is 1. The van der Waals surface area contributed by atoms with Crippen LogP contribution in [0.2, 0.25) is 0 Å². The van der Waals surface area contributed by atoms with Gasteiger partial charge < -0.3 is 10.3 Å². The van der Waals surface area contributed by atoms with Gasteiger partial charge in [0.2, 0.25) is 0 Å². The van der Waals surface area contributed by atoms with E-state index in [1.165, 1.54) is 0 Å². The van der Waals surface area contributed by atoms with Gasteiger partial charge in [-0.25, -0.2) is 0 Å². The van der Waals surface area contributed by atoms with Crippen molar-refractivity contribution in [3.8, 4) is 0 Å². The van der Waals surface area contributed by atoms with E-state index in [0.29, 0.717) is 11.6 Å². The third kappa shape index (κ3) is 1.49. The quantitative estimate of drug-likeness (QED) is 0.753. The van der Waals surface area contributed by atoms with Crippen molar-refractivity contribution in [2.75, 3.05) is 5.73 Å². The predicted octanol–water partition coefficient (Wildman–Crippen LogP) is 2.98. The molecule has 0 atom stereocenters. The van der Waals surface area contributed by atoms with Crippen LogP contribution in [-0.2, 0) is 6.54 Å². The number of nitrogens with zero attached hydrogens (tertiary/aromatic N) is 1. The van der Waals surface area contributed by atoms with Crippen molar-refractivity contribution in [1.82, 2.24) is 4.57 Å². The fraction of sp³-hybridized carbons (Fsp3) is 0.0909. The van der Waals surface area contributed by atoms with Crippen LogP contribution in [0.4, 0.5) is 5.69 Å². The normalized spacial score (nSPS) is 10.6. The fourth-order valence-corrected chi connectivity index (χ4v) is 1.74. The topological polar surface area (TPSA) is 30.9 Å². The molecule has 0 aliphatic carbocycles. The molecule has 2 rings (SSSR count). The van der Waals surface area contributed by atoms with Crippen molar-refractivity contribution in [3.05, 3.63) is 42.1 Å². The van der Waals surface area contributed by atoms with Gasteiger partial charge in [-0.05, 0) is 12.1 Å². The molecular weight excluding hydrogens is 196 g/mol. The molecule has 2 nitrogen and oxygen atoms in total. The highest BCUT2D eigenvalue weighted by molar-refractivity contribution is 6.29. The highest BCUT2D eigenvalue weighted by atomic mass is 35.5. The van der Waals surface area contributed by atoms with Gasteiger partial charge in [0.05, 0.1) is 17.7 Å². The molecular formula is C11H11ClN2. The third-order valence-electron chi connectivity index (χ3n) is 2.16. The van der Waals surface area contributed by atoms with Crippen molar-refractivity contribution >= 4 is 28.2 Å². The maximum atomic E-state index is 5.88. The number of benzene rings is 1. The van der Waals surface area contributed by atoms with E-state index < -0.39 is 0 Å². The molecule has 0 saturated heterocycles. The van der Waals surface area contributed by atoms with E-state index in [0.717, 1.165) is 16.6 Å². The molecule has 0 aliphatic heterocycles. The average Bonchev–Trinajstić information content (AvgIpc) is 2.49. The lowest BCUT2D eigenvalue weighted by molar-refractivity contribution is 0.854. The lowest BCUT2D eigenvalue weighted by Crippen LogP contribution is -1.98. The SMILES string of the molecule is C=C(Cl)Cn1ccc2cccc(N)c21. The summed E-state index contributed by atoms with van der Waals surface area (Å²) in [5.74, 6) is 0. The molecule has 0 aliphatic rings. The first-order valence-corrected chi connectivity index (χ1v) is 4.73. The molecule has 14 heavy (non-hydrogen) atoms. The average molecular weight is 207 g/mol. The van der Waals surface area contributed by atoms with Crippen LogP contribution in [0.15, 0.2) is 42.1 Å². The Balaban J connectivity index is 2.61. The molecule has 0 spiro atoms. The number of fused-ring (bicyclic) bond motifs is 1. The Labute approximate surface area is 87.6 Å². The maximum absolute atomic E-state index is 5.88. The molecule has 2 aromatic rings. The van der Waals surface area contributed by atoms with Crippen LogP contribution in [-0.4, -0.2) is 4.57 Å². The summed E-state index contributed by atoms with van der Waals surface area (Å²) in [5, 5.41) is 1.73. The number of allylic oxidation sites excluding steroid dienone is 1. The van der Waals surface area contributed by atoms with Gasteiger partial charge in [-0.2, -0.15) is 0 Å². The summed E-state index contributed by atoms with van der Waals surface area (Å²) in [7, 11) is 0. The summed E-state index contributed by atoms with van der Waals surface area (Å²) in [5.41, 5.74) is 7.68. The van der Waals surface area contributed by atoms with E-state index in [2.05, 4.69) is 6.58 Å². The maximum Gasteiger partial charge on any atom is 0.0717 e.